The maximum absolute atomic E-state index is 13.1. The molecular weight excluding hydrogens is 340 g/mol. The van der Waals surface area contributed by atoms with Crippen LogP contribution in [0.4, 0.5) is 0 Å². The lowest BCUT2D eigenvalue weighted by atomic mass is 9.65. The van der Waals surface area contributed by atoms with Crippen LogP contribution in [0.15, 0.2) is 28.7 Å². The molecule has 2 amide bonds. The van der Waals surface area contributed by atoms with Gasteiger partial charge >= 0.3 is 0 Å². The largest absolute Gasteiger partial charge is 0.459 e. The van der Waals surface area contributed by atoms with Crippen LogP contribution in [0, 0.1) is 23.7 Å². The van der Waals surface area contributed by atoms with Crippen molar-refractivity contribution in [2.45, 2.75) is 47.1 Å². The SMILES string of the molecule is Cc1c(CNC(=O)[C@@]2(C)CC[C@@H](C(=O)N(C)C)C2(C)C)oc2ccccc12. The Balaban J connectivity index is 1.77. The minimum atomic E-state index is -0.594. The molecule has 3 rings (SSSR count). The standard InChI is InChI=1S/C22H30N2O3/c1-14-15-9-7-8-10-17(15)27-18(14)13-23-20(26)22(4)12-11-16(21(22,2)3)19(25)24(5)6/h7-10,16H,11-13H2,1-6H3,(H,23,26)/t16-,22+/m0/s1. The van der Waals surface area contributed by atoms with Gasteiger partial charge < -0.3 is 14.6 Å². The van der Waals surface area contributed by atoms with Crippen molar-refractivity contribution < 1.29 is 14.0 Å². The molecule has 1 saturated carbocycles. The summed E-state index contributed by atoms with van der Waals surface area (Å²) in [5, 5.41) is 4.14. The summed E-state index contributed by atoms with van der Waals surface area (Å²) in [5.74, 6) is 0.729. The van der Waals surface area contributed by atoms with Crippen LogP contribution < -0.4 is 5.32 Å². The molecule has 1 heterocycles. The topological polar surface area (TPSA) is 62.6 Å². The van der Waals surface area contributed by atoms with E-state index in [-0.39, 0.29) is 17.7 Å². The van der Waals surface area contributed by atoms with Crippen LogP contribution in [0.2, 0.25) is 0 Å². The smallest absolute Gasteiger partial charge is 0.226 e. The third kappa shape index (κ3) is 3.03. The summed E-state index contributed by atoms with van der Waals surface area (Å²) in [6.45, 7) is 8.44. The molecule has 1 aromatic carbocycles. The average molecular weight is 370 g/mol. The molecule has 0 unspecified atom stereocenters. The summed E-state index contributed by atoms with van der Waals surface area (Å²) in [6.07, 6.45) is 1.44. The Bertz CT molecular complexity index is 881. The maximum atomic E-state index is 13.1. The molecule has 2 atom stereocenters. The number of aryl methyl sites for hydroxylation is 1. The fourth-order valence-corrected chi connectivity index (χ4v) is 4.40. The Morgan fingerprint density at radius 2 is 1.89 bits per heavy atom. The van der Waals surface area contributed by atoms with E-state index in [1.807, 2.05) is 52.0 Å². The van der Waals surface area contributed by atoms with Gasteiger partial charge in [0.2, 0.25) is 11.8 Å². The van der Waals surface area contributed by atoms with Gasteiger partial charge in [-0.25, -0.2) is 0 Å². The zero-order valence-electron chi connectivity index (χ0n) is 17.2. The van der Waals surface area contributed by atoms with E-state index in [1.165, 1.54) is 0 Å². The highest BCUT2D eigenvalue weighted by Crippen LogP contribution is 2.56. The molecule has 0 radical (unpaired) electrons. The summed E-state index contributed by atoms with van der Waals surface area (Å²) in [6, 6.07) is 7.89. The Labute approximate surface area is 161 Å². The Hall–Kier alpha value is -2.30. The van der Waals surface area contributed by atoms with Crippen LogP contribution in [0.25, 0.3) is 11.0 Å². The summed E-state index contributed by atoms with van der Waals surface area (Å²) < 4.78 is 5.91. The normalized spacial score (nSPS) is 24.1. The van der Waals surface area contributed by atoms with Gasteiger partial charge in [0, 0.05) is 31.0 Å². The molecule has 0 saturated heterocycles. The molecular formula is C22H30N2O3. The molecule has 1 fully saturated rings. The van der Waals surface area contributed by atoms with Crippen LogP contribution in [0.1, 0.15) is 44.9 Å². The number of para-hydroxylation sites is 1. The molecule has 1 aliphatic carbocycles. The number of benzene rings is 1. The first-order valence-corrected chi connectivity index (χ1v) is 9.56. The van der Waals surface area contributed by atoms with Crippen molar-refractivity contribution in [3.63, 3.8) is 0 Å². The number of amides is 2. The van der Waals surface area contributed by atoms with Crippen molar-refractivity contribution in [2.75, 3.05) is 14.1 Å². The molecule has 146 valence electrons. The van der Waals surface area contributed by atoms with E-state index < -0.39 is 10.8 Å². The number of carbonyl (C=O) groups is 2. The summed E-state index contributed by atoms with van der Waals surface area (Å²) in [7, 11) is 3.55. The van der Waals surface area contributed by atoms with E-state index in [1.54, 1.807) is 19.0 Å². The molecule has 2 aromatic rings. The van der Waals surface area contributed by atoms with Crippen molar-refractivity contribution in [3.8, 4) is 0 Å². The van der Waals surface area contributed by atoms with E-state index in [9.17, 15) is 9.59 Å². The Morgan fingerprint density at radius 3 is 2.52 bits per heavy atom. The number of rotatable bonds is 4. The minimum Gasteiger partial charge on any atom is -0.459 e. The molecule has 1 aromatic heterocycles. The second-order valence-electron chi connectivity index (χ2n) is 8.71. The molecule has 1 aliphatic rings. The zero-order chi connectivity index (χ0) is 20.0. The van der Waals surface area contributed by atoms with Crippen LogP contribution in [-0.2, 0) is 16.1 Å². The van der Waals surface area contributed by atoms with Gasteiger partial charge in [-0.15, -0.1) is 0 Å². The number of nitrogens with one attached hydrogen (secondary N) is 1. The summed E-state index contributed by atoms with van der Waals surface area (Å²) in [5.41, 5.74) is 0.885. The highest BCUT2D eigenvalue weighted by atomic mass is 16.3. The first-order valence-electron chi connectivity index (χ1n) is 9.56. The number of furan rings is 1. The quantitative estimate of drug-likeness (QED) is 0.888. The van der Waals surface area contributed by atoms with Gasteiger partial charge in [0.15, 0.2) is 0 Å². The molecule has 0 aliphatic heterocycles. The fraction of sp³-hybridized carbons (Fsp3) is 0.545. The Morgan fingerprint density at radius 1 is 1.22 bits per heavy atom. The zero-order valence-corrected chi connectivity index (χ0v) is 17.2. The van der Waals surface area contributed by atoms with Gasteiger partial charge in [0.25, 0.3) is 0 Å². The first-order chi connectivity index (χ1) is 12.6. The van der Waals surface area contributed by atoms with E-state index in [0.29, 0.717) is 13.0 Å². The van der Waals surface area contributed by atoms with Gasteiger partial charge in [-0.3, -0.25) is 9.59 Å². The van der Waals surface area contributed by atoms with Gasteiger partial charge in [-0.1, -0.05) is 39.0 Å². The van der Waals surface area contributed by atoms with Crippen LogP contribution in [0.3, 0.4) is 0 Å². The van der Waals surface area contributed by atoms with E-state index in [4.69, 9.17) is 4.42 Å². The number of hydrogen-bond acceptors (Lipinski definition) is 3. The third-order valence-corrected chi connectivity index (χ3v) is 6.82. The van der Waals surface area contributed by atoms with Gasteiger partial charge in [-0.2, -0.15) is 0 Å². The predicted molar refractivity (Wildman–Crippen MR) is 106 cm³/mol. The molecule has 1 N–H and O–H groups in total. The van der Waals surface area contributed by atoms with Crippen LogP contribution >= 0.6 is 0 Å². The van der Waals surface area contributed by atoms with Crippen LogP contribution in [-0.4, -0.2) is 30.8 Å². The average Bonchev–Trinajstić information content (AvgIpc) is 3.07. The lowest BCUT2D eigenvalue weighted by Crippen LogP contribution is -2.49. The summed E-state index contributed by atoms with van der Waals surface area (Å²) >= 11 is 0. The summed E-state index contributed by atoms with van der Waals surface area (Å²) in [4.78, 5) is 27.3. The highest BCUT2D eigenvalue weighted by molar-refractivity contribution is 5.87. The fourth-order valence-electron chi connectivity index (χ4n) is 4.40. The van der Waals surface area contributed by atoms with Crippen molar-refractivity contribution in [2.24, 2.45) is 16.7 Å². The van der Waals surface area contributed by atoms with E-state index in [2.05, 4.69) is 5.32 Å². The van der Waals surface area contributed by atoms with Crippen molar-refractivity contribution in [1.29, 1.82) is 0 Å². The highest BCUT2D eigenvalue weighted by Gasteiger charge is 2.58. The molecule has 5 heteroatoms. The van der Waals surface area contributed by atoms with Crippen LogP contribution in [0.5, 0.6) is 0 Å². The van der Waals surface area contributed by atoms with Crippen molar-refractivity contribution in [3.05, 3.63) is 35.6 Å². The Kier molecular flexibility index (Phi) is 4.83. The van der Waals surface area contributed by atoms with Gasteiger partial charge in [-0.05, 0) is 31.2 Å². The lowest BCUT2D eigenvalue weighted by Gasteiger charge is -2.40. The second kappa shape index (κ2) is 6.70. The van der Waals surface area contributed by atoms with E-state index in [0.717, 1.165) is 28.7 Å². The van der Waals surface area contributed by atoms with Gasteiger partial charge in [0.05, 0.1) is 12.0 Å². The predicted octanol–water partition coefficient (Wildman–Crippen LogP) is 3.89. The molecule has 0 bridgehead atoms. The first kappa shape index (κ1) is 19.5. The third-order valence-electron chi connectivity index (χ3n) is 6.82. The monoisotopic (exact) mass is 370 g/mol. The molecule has 5 nitrogen and oxygen atoms in total. The number of carbonyl (C=O) groups excluding carboxylic acids is 2. The van der Waals surface area contributed by atoms with Gasteiger partial charge in [0.1, 0.15) is 11.3 Å². The number of fused-ring (bicyclic) bond motifs is 1. The lowest BCUT2D eigenvalue weighted by molar-refractivity contribution is -0.142. The number of hydrogen-bond donors (Lipinski definition) is 1. The van der Waals surface area contributed by atoms with Crippen molar-refractivity contribution >= 4 is 22.8 Å². The van der Waals surface area contributed by atoms with Crippen molar-refractivity contribution in [1.82, 2.24) is 10.2 Å². The van der Waals surface area contributed by atoms with E-state index >= 15 is 0 Å². The minimum absolute atomic E-state index is 0.0126. The second-order valence-corrected chi connectivity index (χ2v) is 8.71. The maximum Gasteiger partial charge on any atom is 0.226 e. The number of nitrogens with zero attached hydrogens (tertiary/aromatic N) is 1. The molecule has 0 spiro atoms. The molecule has 27 heavy (non-hydrogen) atoms.